The Kier molecular flexibility index (Phi) is 2.73. The number of hydrogen-bond donors (Lipinski definition) is 0. The molecule has 4 aliphatic carbocycles. The van der Waals surface area contributed by atoms with Gasteiger partial charge in [0.15, 0.2) is 0 Å². The zero-order valence-corrected chi connectivity index (χ0v) is 13.5. The summed E-state index contributed by atoms with van der Waals surface area (Å²) in [7, 11) is 0. The van der Waals surface area contributed by atoms with E-state index >= 15 is 0 Å². The van der Waals surface area contributed by atoms with Crippen LogP contribution < -0.4 is 0 Å². The minimum absolute atomic E-state index is 0.993. The molecule has 0 atom stereocenters. The van der Waals surface area contributed by atoms with Crippen LogP contribution in [-0.4, -0.2) is 14.6 Å². The highest BCUT2D eigenvalue weighted by Gasteiger charge is 2.47. The van der Waals surface area contributed by atoms with Gasteiger partial charge in [-0.1, -0.05) is 11.3 Å². The summed E-state index contributed by atoms with van der Waals surface area (Å²) < 4.78 is 1.96. The molecular formula is C17H23N3S. The topological polar surface area (TPSA) is 30.2 Å². The van der Waals surface area contributed by atoms with Gasteiger partial charge in [-0.3, -0.25) is 0 Å². The van der Waals surface area contributed by atoms with E-state index in [-0.39, 0.29) is 0 Å². The molecule has 0 spiro atoms. The Morgan fingerprint density at radius 2 is 1.86 bits per heavy atom. The third-order valence-electron chi connectivity index (χ3n) is 6.35. The molecule has 21 heavy (non-hydrogen) atoms. The van der Waals surface area contributed by atoms with Crippen LogP contribution >= 0.6 is 11.3 Å². The van der Waals surface area contributed by atoms with E-state index in [4.69, 9.17) is 4.98 Å². The molecule has 0 unspecified atom stereocenters. The Hall–Kier alpha value is -0.900. The van der Waals surface area contributed by atoms with Crippen LogP contribution in [-0.2, 0) is 6.42 Å². The molecule has 112 valence electrons. The molecule has 4 heteroatoms. The van der Waals surface area contributed by atoms with Crippen molar-refractivity contribution in [2.45, 2.75) is 51.9 Å². The molecule has 4 bridgehead atoms. The number of aromatic nitrogens is 3. The molecule has 0 radical (unpaired) electrons. The molecule has 0 amide bonds. The van der Waals surface area contributed by atoms with Crippen molar-refractivity contribution in [2.24, 2.45) is 29.6 Å². The molecule has 2 aromatic heterocycles. The second-order valence-electron chi connectivity index (χ2n) is 7.71. The van der Waals surface area contributed by atoms with Gasteiger partial charge < -0.3 is 0 Å². The fourth-order valence-corrected chi connectivity index (χ4v) is 6.53. The van der Waals surface area contributed by atoms with Gasteiger partial charge in [0.2, 0.25) is 4.96 Å². The van der Waals surface area contributed by atoms with Gasteiger partial charge in [-0.25, -0.2) is 9.50 Å². The maximum Gasteiger partial charge on any atom is 0.212 e. The molecule has 0 saturated heterocycles. The summed E-state index contributed by atoms with van der Waals surface area (Å²) in [6.45, 7) is 2.05. The Labute approximate surface area is 129 Å². The molecule has 3 nitrogen and oxygen atoms in total. The van der Waals surface area contributed by atoms with E-state index in [2.05, 4.69) is 11.3 Å². The predicted molar refractivity (Wildman–Crippen MR) is 84.5 cm³/mol. The number of aryl methyl sites for hydroxylation is 2. The van der Waals surface area contributed by atoms with Crippen molar-refractivity contribution in [3.05, 3.63) is 16.9 Å². The van der Waals surface area contributed by atoms with E-state index in [1.54, 1.807) is 17.8 Å². The minimum Gasteiger partial charge on any atom is -0.223 e. The predicted octanol–water partition coefficient (Wildman–Crippen LogP) is 4.10. The van der Waals surface area contributed by atoms with Crippen LogP contribution in [0.4, 0.5) is 0 Å². The average Bonchev–Trinajstić information content (AvgIpc) is 2.93. The summed E-state index contributed by atoms with van der Waals surface area (Å²) in [5.41, 5.74) is 1.25. The van der Waals surface area contributed by atoms with Gasteiger partial charge in [0.25, 0.3) is 0 Å². The lowest BCUT2D eigenvalue weighted by molar-refractivity contribution is -0.0394. The molecule has 0 aromatic carbocycles. The summed E-state index contributed by atoms with van der Waals surface area (Å²) >= 11 is 1.70. The van der Waals surface area contributed by atoms with Crippen molar-refractivity contribution in [1.82, 2.24) is 14.6 Å². The third kappa shape index (κ3) is 2.06. The fourth-order valence-electron chi connectivity index (χ4n) is 5.79. The van der Waals surface area contributed by atoms with Gasteiger partial charge in [-0.05, 0) is 81.5 Å². The lowest BCUT2D eigenvalue weighted by Gasteiger charge is -2.54. The standard InChI is InChI=1S/C17H23N3S/c1-10-19-20-9-15(18-17(20)21-10)2-3-16-13-5-11-4-12(7-13)8-14(16)6-11/h9,11-14,16H,2-8H2,1H3. The Balaban J connectivity index is 1.30. The number of nitrogens with zero attached hydrogens (tertiary/aromatic N) is 3. The van der Waals surface area contributed by atoms with E-state index in [0.29, 0.717) is 0 Å². The highest BCUT2D eigenvalue weighted by Crippen LogP contribution is 2.57. The Morgan fingerprint density at radius 3 is 2.52 bits per heavy atom. The first-order chi connectivity index (χ1) is 10.2. The summed E-state index contributed by atoms with van der Waals surface area (Å²) in [5, 5.41) is 5.58. The van der Waals surface area contributed by atoms with Crippen molar-refractivity contribution in [2.75, 3.05) is 0 Å². The van der Waals surface area contributed by atoms with Crippen molar-refractivity contribution >= 4 is 16.3 Å². The minimum atomic E-state index is 0.993. The van der Waals surface area contributed by atoms with Crippen LogP contribution in [0.25, 0.3) is 4.96 Å². The molecule has 4 fully saturated rings. The summed E-state index contributed by atoms with van der Waals surface area (Å²) in [6, 6.07) is 0. The number of rotatable bonds is 3. The normalized spacial score (nSPS) is 37.7. The monoisotopic (exact) mass is 301 g/mol. The van der Waals surface area contributed by atoms with Crippen molar-refractivity contribution in [3.63, 3.8) is 0 Å². The molecule has 4 saturated carbocycles. The van der Waals surface area contributed by atoms with Crippen LogP contribution in [0.5, 0.6) is 0 Å². The van der Waals surface area contributed by atoms with Crippen LogP contribution in [0.15, 0.2) is 6.20 Å². The summed E-state index contributed by atoms with van der Waals surface area (Å²) in [5.74, 6) is 5.27. The molecule has 4 aliphatic rings. The maximum atomic E-state index is 4.75. The highest BCUT2D eigenvalue weighted by molar-refractivity contribution is 7.16. The molecule has 2 heterocycles. The van der Waals surface area contributed by atoms with Crippen molar-refractivity contribution in [1.29, 1.82) is 0 Å². The van der Waals surface area contributed by atoms with Crippen LogP contribution in [0, 0.1) is 36.5 Å². The van der Waals surface area contributed by atoms with Crippen LogP contribution in [0.3, 0.4) is 0 Å². The van der Waals surface area contributed by atoms with Crippen LogP contribution in [0.1, 0.15) is 49.2 Å². The lowest BCUT2D eigenvalue weighted by Crippen LogP contribution is -2.45. The van der Waals surface area contributed by atoms with Gasteiger partial charge in [-0.2, -0.15) is 5.10 Å². The molecule has 2 aromatic rings. The maximum absolute atomic E-state index is 4.75. The summed E-state index contributed by atoms with van der Waals surface area (Å²) in [6.07, 6.45) is 12.4. The second kappa shape index (κ2) is 4.55. The van der Waals surface area contributed by atoms with E-state index in [1.165, 1.54) is 37.8 Å². The van der Waals surface area contributed by atoms with E-state index in [0.717, 1.165) is 46.0 Å². The number of imidazole rings is 1. The smallest absolute Gasteiger partial charge is 0.212 e. The number of hydrogen-bond acceptors (Lipinski definition) is 3. The third-order valence-corrected chi connectivity index (χ3v) is 7.19. The summed E-state index contributed by atoms with van der Waals surface area (Å²) in [4.78, 5) is 5.82. The van der Waals surface area contributed by atoms with E-state index in [9.17, 15) is 0 Å². The lowest BCUT2D eigenvalue weighted by atomic mass is 9.51. The van der Waals surface area contributed by atoms with Crippen molar-refractivity contribution in [3.8, 4) is 0 Å². The first-order valence-corrected chi connectivity index (χ1v) is 9.38. The van der Waals surface area contributed by atoms with Gasteiger partial charge in [0.1, 0.15) is 5.01 Å². The van der Waals surface area contributed by atoms with Gasteiger partial charge in [0, 0.05) is 0 Å². The fraction of sp³-hybridized carbons (Fsp3) is 0.765. The SMILES string of the molecule is Cc1nn2cc(CCC3C4CC5CC(C4)CC3C5)nc2s1. The second-order valence-corrected chi connectivity index (χ2v) is 8.87. The molecular weight excluding hydrogens is 278 g/mol. The first kappa shape index (κ1) is 12.6. The molecule has 0 N–H and O–H groups in total. The Bertz CT molecular complexity index is 611. The van der Waals surface area contributed by atoms with Gasteiger partial charge in [-0.15, -0.1) is 0 Å². The van der Waals surface area contributed by atoms with E-state index < -0.39 is 0 Å². The zero-order chi connectivity index (χ0) is 14.0. The zero-order valence-electron chi connectivity index (χ0n) is 12.7. The Morgan fingerprint density at radius 1 is 1.14 bits per heavy atom. The van der Waals surface area contributed by atoms with E-state index in [1.807, 2.05) is 11.4 Å². The molecule has 0 aliphatic heterocycles. The largest absolute Gasteiger partial charge is 0.223 e. The van der Waals surface area contributed by atoms with Gasteiger partial charge in [0.05, 0.1) is 11.9 Å². The van der Waals surface area contributed by atoms with Crippen molar-refractivity contribution < 1.29 is 0 Å². The molecule has 6 rings (SSSR count). The van der Waals surface area contributed by atoms with Crippen LogP contribution in [0.2, 0.25) is 0 Å². The average molecular weight is 301 g/mol. The van der Waals surface area contributed by atoms with Gasteiger partial charge >= 0.3 is 0 Å². The quantitative estimate of drug-likeness (QED) is 0.854. The highest BCUT2D eigenvalue weighted by atomic mass is 32.1. The first-order valence-electron chi connectivity index (χ1n) is 8.56. The number of fused-ring (bicyclic) bond motifs is 1.